The van der Waals surface area contributed by atoms with Gasteiger partial charge in [0.05, 0.1) is 11.9 Å². The molecule has 1 aromatic rings. The first-order chi connectivity index (χ1) is 8.90. The van der Waals surface area contributed by atoms with Crippen LogP contribution in [0.25, 0.3) is 0 Å². The third-order valence-electron chi connectivity index (χ3n) is 2.28. The minimum absolute atomic E-state index is 0. The standard InChI is InChI=1S/C12H19N3O3S.ClH/c1-13-8-4-7-12(16)14-10-5-3-6-11(9-10)15-19(2,17)18;/h3,5-6,9,13,15H,4,7-8H2,1-2H3,(H,14,16);1H. The monoisotopic (exact) mass is 321 g/mol. The third kappa shape index (κ3) is 7.98. The molecular weight excluding hydrogens is 302 g/mol. The summed E-state index contributed by atoms with van der Waals surface area (Å²) >= 11 is 0. The van der Waals surface area contributed by atoms with Gasteiger partial charge in [0.25, 0.3) is 0 Å². The van der Waals surface area contributed by atoms with Crippen LogP contribution in [-0.4, -0.2) is 34.2 Å². The molecule has 0 aliphatic rings. The van der Waals surface area contributed by atoms with E-state index in [4.69, 9.17) is 0 Å². The van der Waals surface area contributed by atoms with Crippen molar-refractivity contribution >= 4 is 39.7 Å². The molecule has 0 unspecified atom stereocenters. The molecule has 1 aromatic carbocycles. The van der Waals surface area contributed by atoms with E-state index in [9.17, 15) is 13.2 Å². The van der Waals surface area contributed by atoms with E-state index in [0.29, 0.717) is 17.8 Å². The molecule has 8 heteroatoms. The maximum absolute atomic E-state index is 11.6. The van der Waals surface area contributed by atoms with Gasteiger partial charge in [-0.1, -0.05) is 6.07 Å². The van der Waals surface area contributed by atoms with Gasteiger partial charge in [0.2, 0.25) is 15.9 Å². The summed E-state index contributed by atoms with van der Waals surface area (Å²) < 4.78 is 24.6. The number of halogens is 1. The molecule has 20 heavy (non-hydrogen) atoms. The van der Waals surface area contributed by atoms with Crippen LogP contribution in [0.1, 0.15) is 12.8 Å². The van der Waals surface area contributed by atoms with Crippen LogP contribution in [0.5, 0.6) is 0 Å². The molecule has 0 saturated carbocycles. The Morgan fingerprint density at radius 1 is 1.25 bits per heavy atom. The van der Waals surface area contributed by atoms with Crippen molar-refractivity contribution in [2.45, 2.75) is 12.8 Å². The van der Waals surface area contributed by atoms with E-state index in [1.54, 1.807) is 24.3 Å². The van der Waals surface area contributed by atoms with E-state index >= 15 is 0 Å². The van der Waals surface area contributed by atoms with Crippen LogP contribution in [-0.2, 0) is 14.8 Å². The van der Waals surface area contributed by atoms with Gasteiger partial charge in [0, 0.05) is 12.1 Å². The van der Waals surface area contributed by atoms with Crippen molar-refractivity contribution in [1.29, 1.82) is 0 Å². The van der Waals surface area contributed by atoms with Crippen LogP contribution in [0.3, 0.4) is 0 Å². The number of carbonyl (C=O) groups is 1. The van der Waals surface area contributed by atoms with E-state index in [2.05, 4.69) is 15.4 Å². The van der Waals surface area contributed by atoms with Crippen LogP contribution in [0.4, 0.5) is 11.4 Å². The third-order valence-corrected chi connectivity index (χ3v) is 2.89. The minimum Gasteiger partial charge on any atom is -0.326 e. The number of carbonyl (C=O) groups excluding carboxylic acids is 1. The molecule has 0 bridgehead atoms. The molecule has 0 atom stereocenters. The molecule has 6 nitrogen and oxygen atoms in total. The highest BCUT2D eigenvalue weighted by Gasteiger charge is 2.05. The Hall–Kier alpha value is -1.31. The molecular formula is C12H20ClN3O3S. The molecule has 0 aliphatic carbocycles. The van der Waals surface area contributed by atoms with Crippen LogP contribution in [0, 0.1) is 0 Å². The number of sulfonamides is 1. The molecule has 0 fully saturated rings. The van der Waals surface area contributed by atoms with Crippen molar-refractivity contribution in [3.05, 3.63) is 24.3 Å². The molecule has 1 rings (SSSR count). The average Bonchev–Trinajstić information content (AvgIpc) is 2.27. The van der Waals surface area contributed by atoms with Gasteiger partial charge in [-0.15, -0.1) is 12.4 Å². The second-order valence-corrected chi connectivity index (χ2v) is 5.96. The summed E-state index contributed by atoms with van der Waals surface area (Å²) in [6.45, 7) is 0.781. The number of hydrogen-bond acceptors (Lipinski definition) is 4. The highest BCUT2D eigenvalue weighted by molar-refractivity contribution is 7.92. The average molecular weight is 322 g/mol. The Labute approximate surface area is 125 Å². The van der Waals surface area contributed by atoms with Crippen LogP contribution in [0.2, 0.25) is 0 Å². The summed E-state index contributed by atoms with van der Waals surface area (Å²) in [5, 5.41) is 5.69. The van der Waals surface area contributed by atoms with E-state index in [1.165, 1.54) is 0 Å². The SMILES string of the molecule is CNCCCC(=O)Nc1cccc(NS(C)(=O)=O)c1.Cl. The first-order valence-corrected chi connectivity index (χ1v) is 7.82. The predicted molar refractivity (Wildman–Crippen MR) is 83.9 cm³/mol. The highest BCUT2D eigenvalue weighted by atomic mass is 35.5. The molecule has 0 aliphatic heterocycles. The minimum atomic E-state index is -3.31. The maximum atomic E-state index is 11.6. The van der Waals surface area contributed by atoms with Crippen molar-refractivity contribution < 1.29 is 13.2 Å². The fraction of sp³-hybridized carbons (Fsp3) is 0.417. The zero-order valence-electron chi connectivity index (χ0n) is 11.5. The highest BCUT2D eigenvalue weighted by Crippen LogP contribution is 2.16. The maximum Gasteiger partial charge on any atom is 0.229 e. The molecule has 3 N–H and O–H groups in total. The van der Waals surface area contributed by atoms with Crippen molar-refractivity contribution in [1.82, 2.24) is 5.32 Å². The van der Waals surface area contributed by atoms with Crippen LogP contribution < -0.4 is 15.4 Å². The largest absolute Gasteiger partial charge is 0.326 e. The fourth-order valence-corrected chi connectivity index (χ4v) is 2.08. The fourth-order valence-electron chi connectivity index (χ4n) is 1.52. The first kappa shape index (κ1) is 18.7. The predicted octanol–water partition coefficient (Wildman–Crippen LogP) is 1.42. The number of rotatable bonds is 7. The normalized spacial score (nSPS) is 10.5. The summed E-state index contributed by atoms with van der Waals surface area (Å²) in [5.74, 6) is -0.0910. The first-order valence-electron chi connectivity index (χ1n) is 5.93. The van der Waals surface area contributed by atoms with E-state index in [1.807, 2.05) is 7.05 Å². The van der Waals surface area contributed by atoms with Gasteiger partial charge in [0.15, 0.2) is 0 Å². The molecule has 114 valence electrons. The summed E-state index contributed by atoms with van der Waals surface area (Å²) in [7, 11) is -1.48. The van der Waals surface area contributed by atoms with Gasteiger partial charge in [-0.25, -0.2) is 8.42 Å². The second kappa shape index (κ2) is 8.78. The summed E-state index contributed by atoms with van der Waals surface area (Å²) in [4.78, 5) is 11.6. The summed E-state index contributed by atoms with van der Waals surface area (Å²) in [6, 6.07) is 6.59. The number of hydrogen-bond donors (Lipinski definition) is 3. The van der Waals surface area contributed by atoms with Gasteiger partial charge in [-0.3, -0.25) is 9.52 Å². The Morgan fingerprint density at radius 2 is 1.90 bits per heavy atom. The van der Waals surface area contributed by atoms with Crippen molar-refractivity contribution in [2.75, 3.05) is 29.9 Å². The second-order valence-electron chi connectivity index (χ2n) is 4.21. The molecule has 0 heterocycles. The Bertz CT molecular complexity index is 535. The van der Waals surface area contributed by atoms with Gasteiger partial charge >= 0.3 is 0 Å². The zero-order valence-corrected chi connectivity index (χ0v) is 13.1. The van der Waals surface area contributed by atoms with Gasteiger partial charge < -0.3 is 10.6 Å². The van der Waals surface area contributed by atoms with Crippen molar-refractivity contribution in [3.8, 4) is 0 Å². The van der Waals surface area contributed by atoms with E-state index < -0.39 is 10.0 Å². The number of nitrogens with one attached hydrogen (secondary N) is 3. The number of anilines is 2. The summed E-state index contributed by atoms with van der Waals surface area (Å²) in [6.07, 6.45) is 2.25. The van der Waals surface area contributed by atoms with Crippen LogP contribution in [0.15, 0.2) is 24.3 Å². The summed E-state index contributed by atoms with van der Waals surface area (Å²) in [5.41, 5.74) is 0.999. The number of benzene rings is 1. The zero-order chi connectivity index (χ0) is 14.3. The molecule has 0 aromatic heterocycles. The molecule has 0 saturated heterocycles. The lowest BCUT2D eigenvalue weighted by atomic mass is 10.2. The van der Waals surface area contributed by atoms with Gasteiger partial charge in [-0.2, -0.15) is 0 Å². The molecule has 0 spiro atoms. The van der Waals surface area contributed by atoms with Crippen molar-refractivity contribution in [2.24, 2.45) is 0 Å². The van der Waals surface area contributed by atoms with Gasteiger partial charge in [-0.05, 0) is 38.2 Å². The van der Waals surface area contributed by atoms with E-state index in [0.717, 1.165) is 19.2 Å². The lowest BCUT2D eigenvalue weighted by molar-refractivity contribution is -0.116. The molecule has 1 amide bonds. The van der Waals surface area contributed by atoms with Gasteiger partial charge in [0.1, 0.15) is 0 Å². The van der Waals surface area contributed by atoms with Crippen molar-refractivity contribution in [3.63, 3.8) is 0 Å². The molecule has 0 radical (unpaired) electrons. The van der Waals surface area contributed by atoms with Crippen LogP contribution >= 0.6 is 12.4 Å². The topological polar surface area (TPSA) is 87.3 Å². The lowest BCUT2D eigenvalue weighted by Crippen LogP contribution is -2.15. The Balaban J connectivity index is 0.00000361. The smallest absolute Gasteiger partial charge is 0.229 e. The Kier molecular flexibility index (Phi) is 8.21. The Morgan fingerprint density at radius 3 is 2.50 bits per heavy atom. The number of amides is 1. The lowest BCUT2D eigenvalue weighted by Gasteiger charge is -2.08. The van der Waals surface area contributed by atoms with E-state index in [-0.39, 0.29) is 18.3 Å². The quantitative estimate of drug-likeness (QED) is 0.663.